The van der Waals surface area contributed by atoms with Crippen molar-refractivity contribution in [1.82, 2.24) is 0 Å². The van der Waals surface area contributed by atoms with Crippen molar-refractivity contribution in [3.63, 3.8) is 0 Å². The number of amides is 1. The fourth-order valence-corrected chi connectivity index (χ4v) is 9.63. The van der Waals surface area contributed by atoms with Crippen molar-refractivity contribution in [2.45, 2.75) is 50.3 Å². The Balaban J connectivity index is 0.000000246. The van der Waals surface area contributed by atoms with Gasteiger partial charge in [0.1, 0.15) is 17.2 Å². The van der Waals surface area contributed by atoms with Crippen LogP contribution in [0.3, 0.4) is 0 Å². The molecule has 8 aromatic carbocycles. The molecule has 0 saturated heterocycles. The number of aromatic hydroxyl groups is 1. The molecule has 0 fully saturated rings. The quantitative estimate of drug-likeness (QED) is 0.0231. The number of nitrogens with zero attached hydrogens (tertiary/aromatic N) is 5. The van der Waals surface area contributed by atoms with Crippen LogP contribution in [0.25, 0.3) is 21.5 Å². The maximum atomic E-state index is 13.4. The largest absolute Gasteiger partial charge is 2.00 e. The predicted octanol–water partition coefficient (Wildman–Crippen LogP) is 12.3. The van der Waals surface area contributed by atoms with Crippen molar-refractivity contribution in [1.29, 1.82) is 0 Å². The van der Waals surface area contributed by atoms with Gasteiger partial charge in [0.15, 0.2) is 5.75 Å². The summed E-state index contributed by atoms with van der Waals surface area (Å²) < 4.78 is 76.6. The van der Waals surface area contributed by atoms with Gasteiger partial charge < -0.3 is 30.1 Å². The van der Waals surface area contributed by atoms with Gasteiger partial charge in [-0.1, -0.05) is 103 Å². The second kappa shape index (κ2) is 26.3. The number of rotatable bonds is 16. The molecule has 392 valence electrons. The summed E-state index contributed by atoms with van der Waals surface area (Å²) in [6, 6.07) is 34.8. The molecule has 0 aromatic heterocycles. The Bertz CT molecular complexity index is 3860. The van der Waals surface area contributed by atoms with Crippen LogP contribution in [0.5, 0.6) is 23.0 Å². The molecule has 0 radical (unpaired) electrons. The van der Waals surface area contributed by atoms with Gasteiger partial charge in [-0.25, -0.2) is 0 Å². The van der Waals surface area contributed by atoms with Gasteiger partial charge >= 0.3 is 48.9 Å². The first-order valence-corrected chi connectivity index (χ1v) is 26.8. The topological polar surface area (TPSA) is 284 Å². The van der Waals surface area contributed by atoms with E-state index >= 15 is 0 Å². The van der Waals surface area contributed by atoms with Gasteiger partial charge in [-0.2, -0.15) is 32.2 Å². The van der Waals surface area contributed by atoms with E-state index in [9.17, 15) is 46.1 Å². The Kier molecular flexibility index (Phi) is 20.4. The van der Waals surface area contributed by atoms with Gasteiger partial charge in [0.25, 0.3) is 26.1 Å². The maximum absolute atomic E-state index is 13.4. The van der Waals surface area contributed by atoms with Crippen molar-refractivity contribution in [3.8, 4) is 23.0 Å². The van der Waals surface area contributed by atoms with E-state index in [1.807, 2.05) is 13.8 Å². The molecule has 18 nitrogen and oxygen atoms in total. The first-order chi connectivity index (χ1) is 36.2. The van der Waals surface area contributed by atoms with Gasteiger partial charge in [-0.3, -0.25) is 18.9 Å². The number of carbonyl (C=O) groups excluding carboxylic acids is 1. The average Bonchev–Trinajstić information content (AvgIpc) is 3.38. The number of halogens is 2. The minimum absolute atomic E-state index is 0. The SMILES string of the molecule is CCOc1cccc(N=C([O-])c2cc3ccccc3c(N=Nc3cc(S(=O)(=O)O)cc(Cl)c3CC)c2[O-])c1.CCOc1cccc(NC(=O)c2cc3ccccc3c(N=Nc3cc(S(=O)(=O)O)cc(Cl)c3CC)c2O)c1.[Ba+2]. The van der Waals surface area contributed by atoms with Crippen molar-refractivity contribution in [3.05, 3.63) is 166 Å². The third-order valence-corrected chi connectivity index (χ3v) is 13.7. The van der Waals surface area contributed by atoms with Gasteiger partial charge in [0.2, 0.25) is 0 Å². The Morgan fingerprint density at radius 3 is 1.61 bits per heavy atom. The first-order valence-electron chi connectivity index (χ1n) is 23.2. The molecule has 23 heteroatoms. The zero-order chi connectivity index (χ0) is 54.9. The zero-order valence-electron chi connectivity index (χ0n) is 41.6. The van der Waals surface area contributed by atoms with Crippen molar-refractivity contribution in [2.75, 3.05) is 18.5 Å². The average molecular weight is 1240 g/mol. The van der Waals surface area contributed by atoms with Crippen molar-refractivity contribution >= 4 is 160 Å². The Morgan fingerprint density at radius 1 is 0.610 bits per heavy atom. The summed E-state index contributed by atoms with van der Waals surface area (Å²) in [4.78, 5) is 16.4. The van der Waals surface area contributed by atoms with Crippen molar-refractivity contribution < 1.29 is 55.5 Å². The molecule has 0 aliphatic carbocycles. The number of phenols is 1. The second-order valence-electron chi connectivity index (χ2n) is 16.3. The number of hydrogen-bond donors (Lipinski definition) is 4. The molecule has 0 aliphatic rings. The zero-order valence-corrected chi connectivity index (χ0v) is 49.1. The van der Waals surface area contributed by atoms with Crippen LogP contribution >= 0.6 is 23.2 Å². The smallest absolute Gasteiger partial charge is 0.871 e. The van der Waals surface area contributed by atoms with Crippen LogP contribution in [0.1, 0.15) is 54.7 Å². The van der Waals surface area contributed by atoms with Crippen molar-refractivity contribution in [2.24, 2.45) is 25.4 Å². The first kappa shape index (κ1) is 59.8. The Hall–Kier alpha value is -6.41. The van der Waals surface area contributed by atoms with Gasteiger partial charge in [0.05, 0.1) is 51.3 Å². The van der Waals surface area contributed by atoms with Crippen LogP contribution in [0.4, 0.5) is 34.1 Å². The molecule has 0 atom stereocenters. The summed E-state index contributed by atoms with van der Waals surface area (Å²) in [5.41, 5.74) is 1.54. The summed E-state index contributed by atoms with van der Waals surface area (Å²) in [5, 5.41) is 59.3. The predicted molar refractivity (Wildman–Crippen MR) is 294 cm³/mol. The normalized spacial score (nSPS) is 11.9. The summed E-state index contributed by atoms with van der Waals surface area (Å²) in [5.74, 6) is -1.34. The molecule has 0 spiro atoms. The van der Waals surface area contributed by atoms with E-state index in [0.717, 1.165) is 24.3 Å². The number of nitrogens with one attached hydrogen (secondary N) is 1. The third kappa shape index (κ3) is 14.6. The van der Waals surface area contributed by atoms with Crippen LogP contribution in [0.15, 0.2) is 169 Å². The van der Waals surface area contributed by atoms with Crippen LogP contribution in [-0.4, -0.2) is 105 Å². The molecule has 0 saturated carbocycles. The van der Waals surface area contributed by atoms with E-state index in [1.54, 1.807) is 117 Å². The maximum Gasteiger partial charge on any atom is 2.00 e. The minimum atomic E-state index is -4.57. The summed E-state index contributed by atoms with van der Waals surface area (Å²) in [7, 11) is -9.12. The number of hydrogen-bond acceptors (Lipinski definition) is 15. The van der Waals surface area contributed by atoms with Crippen LogP contribution < -0.4 is 25.0 Å². The van der Waals surface area contributed by atoms with Gasteiger partial charge in [-0.15, -0.1) is 5.11 Å². The third-order valence-electron chi connectivity index (χ3n) is 11.3. The molecule has 0 aliphatic heterocycles. The Morgan fingerprint density at radius 2 is 1.09 bits per heavy atom. The second-order valence-corrected chi connectivity index (χ2v) is 19.9. The standard InChI is InChI=1S/2C27H24ClN3O6S.Ba/c2*1-3-20-23(28)14-19(38(34,35)36)15-24(20)30-31-25-21-11-6-5-8-16(21)12-22(26(25)32)27(33)29-17-9-7-10-18(13-17)37-4-2;/h2*5-15,32H,3-4H2,1-2H3,(H,29,33)(H,34,35,36);/q;;+2/p-2. The number of ether oxygens (including phenoxy) is 2. The number of aliphatic imine (C=N–C) groups is 1. The molecule has 1 amide bonds. The summed E-state index contributed by atoms with van der Waals surface area (Å²) in [6.07, 6.45) is 0.775. The molecule has 8 aromatic rings. The fourth-order valence-electron chi connectivity index (χ4n) is 7.75. The molecule has 8 rings (SSSR count). The van der Waals surface area contributed by atoms with E-state index in [-0.39, 0.29) is 92.8 Å². The van der Waals surface area contributed by atoms with Gasteiger partial charge in [0, 0.05) is 38.6 Å². The number of benzene rings is 8. The number of azo groups is 2. The molecular formula is C54H46BaCl2N6O12S2. The van der Waals surface area contributed by atoms with E-state index in [1.165, 1.54) is 6.07 Å². The number of fused-ring (bicyclic) bond motifs is 2. The number of carbonyl (C=O) groups is 1. The van der Waals surface area contributed by atoms with E-state index in [4.69, 9.17) is 32.7 Å². The van der Waals surface area contributed by atoms with Gasteiger partial charge in [-0.05, 0) is 121 Å². The summed E-state index contributed by atoms with van der Waals surface area (Å²) in [6.45, 7) is 8.18. The Labute approximate surface area is 493 Å². The molecule has 0 heterocycles. The fraction of sp³-hybridized carbons (Fsp3) is 0.148. The molecule has 4 N–H and O–H groups in total. The minimum Gasteiger partial charge on any atom is -0.871 e. The molecule has 0 bridgehead atoms. The number of phenolic OH excluding ortho intramolecular Hbond substituents is 1. The van der Waals surface area contributed by atoms with Crippen LogP contribution in [0, 0.1) is 0 Å². The number of anilines is 1. The molecule has 0 unspecified atom stereocenters. The molecule has 77 heavy (non-hydrogen) atoms. The summed E-state index contributed by atoms with van der Waals surface area (Å²) >= 11 is 12.5. The molecular weight excluding hydrogens is 1200 g/mol. The van der Waals surface area contributed by atoms with E-state index in [2.05, 4.69) is 30.8 Å². The van der Waals surface area contributed by atoms with Crippen LogP contribution in [-0.2, 0) is 33.1 Å². The van der Waals surface area contributed by atoms with E-state index in [0.29, 0.717) is 81.6 Å². The monoisotopic (exact) mass is 1240 g/mol. The van der Waals surface area contributed by atoms with E-state index < -0.39 is 53.3 Å². The van der Waals surface area contributed by atoms with Crippen LogP contribution in [0.2, 0.25) is 10.0 Å².